The molecule has 3 unspecified atom stereocenters. The van der Waals surface area contributed by atoms with E-state index in [1.54, 1.807) is 0 Å². The molecule has 1 aliphatic rings. The lowest BCUT2D eigenvalue weighted by atomic mass is 9.78. The van der Waals surface area contributed by atoms with Crippen molar-refractivity contribution in [1.29, 1.82) is 0 Å². The van der Waals surface area contributed by atoms with Crippen molar-refractivity contribution in [2.75, 3.05) is 6.54 Å². The number of rotatable bonds is 4. The third-order valence-corrected chi connectivity index (χ3v) is 4.99. The second-order valence-corrected chi connectivity index (χ2v) is 6.78. The maximum atomic E-state index is 6.25. The Morgan fingerprint density at radius 3 is 2.95 bits per heavy atom. The van der Waals surface area contributed by atoms with Crippen LogP contribution in [0.5, 0.6) is 0 Å². The molecule has 0 spiro atoms. The number of halogens is 1. The molecule has 1 fully saturated rings. The lowest BCUT2D eigenvalue weighted by Gasteiger charge is -2.32. The minimum atomic E-state index is 0.307. The molecule has 0 amide bonds. The Labute approximate surface area is 131 Å². The molecule has 1 N–H and O–H groups in total. The first-order valence-corrected chi connectivity index (χ1v) is 8.48. The van der Waals surface area contributed by atoms with Gasteiger partial charge in [0.1, 0.15) is 5.76 Å². The topological polar surface area (TPSA) is 25.2 Å². The fourth-order valence-electron chi connectivity index (χ4n) is 3.70. The minimum absolute atomic E-state index is 0.307. The molecule has 1 aromatic heterocycles. The van der Waals surface area contributed by atoms with Gasteiger partial charge in [-0.3, -0.25) is 0 Å². The first-order valence-electron chi connectivity index (χ1n) is 8.10. The summed E-state index contributed by atoms with van der Waals surface area (Å²) >= 11 is 6.25. The summed E-state index contributed by atoms with van der Waals surface area (Å²) in [5.41, 5.74) is 0.820. The van der Waals surface area contributed by atoms with Gasteiger partial charge in [0.05, 0.1) is 11.1 Å². The van der Waals surface area contributed by atoms with Crippen molar-refractivity contribution in [1.82, 2.24) is 5.32 Å². The quantitative estimate of drug-likeness (QED) is 0.799. The second-order valence-electron chi connectivity index (χ2n) is 6.37. The molecule has 2 aromatic rings. The maximum absolute atomic E-state index is 6.25. The van der Waals surface area contributed by atoms with E-state index in [4.69, 9.17) is 16.0 Å². The SMILES string of the molecule is CCNC(c1cc2cccc(Cl)c2o1)C1CCCC(C)C1. The summed E-state index contributed by atoms with van der Waals surface area (Å²) in [6, 6.07) is 8.41. The molecule has 1 aliphatic carbocycles. The summed E-state index contributed by atoms with van der Waals surface area (Å²) in [4.78, 5) is 0. The van der Waals surface area contributed by atoms with E-state index in [-0.39, 0.29) is 0 Å². The van der Waals surface area contributed by atoms with Gasteiger partial charge in [0.2, 0.25) is 0 Å². The molecule has 114 valence electrons. The molecule has 1 aromatic carbocycles. The first-order chi connectivity index (χ1) is 10.2. The number of furan rings is 1. The summed E-state index contributed by atoms with van der Waals surface area (Å²) in [7, 11) is 0. The molecule has 2 nitrogen and oxygen atoms in total. The highest BCUT2D eigenvalue weighted by Gasteiger charge is 2.29. The van der Waals surface area contributed by atoms with Crippen LogP contribution in [-0.2, 0) is 0 Å². The Morgan fingerprint density at radius 2 is 2.24 bits per heavy atom. The molecule has 3 atom stereocenters. The molecular weight excluding hydrogens is 282 g/mol. The Morgan fingerprint density at radius 1 is 1.38 bits per heavy atom. The normalized spacial score (nSPS) is 24.3. The van der Waals surface area contributed by atoms with E-state index in [1.165, 1.54) is 25.7 Å². The monoisotopic (exact) mass is 305 g/mol. The molecule has 0 aliphatic heterocycles. The van der Waals surface area contributed by atoms with Gasteiger partial charge in [-0.05, 0) is 43.4 Å². The Bertz CT molecular complexity index is 606. The number of para-hydroxylation sites is 1. The summed E-state index contributed by atoms with van der Waals surface area (Å²) < 4.78 is 6.11. The highest BCUT2D eigenvalue weighted by atomic mass is 35.5. The van der Waals surface area contributed by atoms with Crippen molar-refractivity contribution >= 4 is 22.6 Å². The third kappa shape index (κ3) is 3.12. The summed E-state index contributed by atoms with van der Waals surface area (Å²) in [6.45, 7) is 5.49. The van der Waals surface area contributed by atoms with Gasteiger partial charge < -0.3 is 9.73 Å². The van der Waals surface area contributed by atoms with Crippen LogP contribution < -0.4 is 5.32 Å². The molecule has 1 saturated carbocycles. The number of fused-ring (bicyclic) bond motifs is 1. The third-order valence-electron chi connectivity index (χ3n) is 4.69. The molecule has 21 heavy (non-hydrogen) atoms. The van der Waals surface area contributed by atoms with Gasteiger partial charge in [-0.2, -0.15) is 0 Å². The number of benzene rings is 1. The summed E-state index contributed by atoms with van der Waals surface area (Å²) in [5.74, 6) is 2.52. The lowest BCUT2D eigenvalue weighted by molar-refractivity contribution is 0.209. The van der Waals surface area contributed by atoms with E-state index in [0.717, 1.165) is 29.2 Å². The summed E-state index contributed by atoms with van der Waals surface area (Å²) in [6.07, 6.45) is 5.26. The van der Waals surface area contributed by atoms with E-state index in [9.17, 15) is 0 Å². The highest BCUT2D eigenvalue weighted by molar-refractivity contribution is 6.34. The average Bonchev–Trinajstić information content (AvgIpc) is 2.90. The predicted molar refractivity (Wildman–Crippen MR) is 88.8 cm³/mol. The highest BCUT2D eigenvalue weighted by Crippen LogP contribution is 2.39. The van der Waals surface area contributed by atoms with Crippen LogP contribution in [0, 0.1) is 11.8 Å². The van der Waals surface area contributed by atoms with E-state index in [2.05, 4.69) is 31.3 Å². The minimum Gasteiger partial charge on any atom is -0.458 e. The van der Waals surface area contributed by atoms with Crippen LogP contribution in [-0.4, -0.2) is 6.54 Å². The van der Waals surface area contributed by atoms with Crippen molar-refractivity contribution in [3.63, 3.8) is 0 Å². The van der Waals surface area contributed by atoms with Gasteiger partial charge in [0.15, 0.2) is 5.58 Å². The van der Waals surface area contributed by atoms with Gasteiger partial charge in [-0.25, -0.2) is 0 Å². The van der Waals surface area contributed by atoms with Crippen molar-refractivity contribution in [3.8, 4) is 0 Å². The molecular formula is C18H24ClNO. The molecule has 3 rings (SSSR count). The molecule has 0 saturated heterocycles. The van der Waals surface area contributed by atoms with E-state index in [0.29, 0.717) is 17.0 Å². The van der Waals surface area contributed by atoms with E-state index in [1.807, 2.05) is 12.1 Å². The van der Waals surface area contributed by atoms with E-state index >= 15 is 0 Å². The fraction of sp³-hybridized carbons (Fsp3) is 0.556. The number of hydrogen-bond acceptors (Lipinski definition) is 2. The standard InChI is InChI=1S/C18H24ClNO/c1-3-20-17(13-7-4-6-12(2)10-13)16-11-14-8-5-9-15(19)18(14)21-16/h5,8-9,11-13,17,20H,3-4,6-7,10H2,1-2H3. The van der Waals surface area contributed by atoms with E-state index < -0.39 is 0 Å². The zero-order valence-electron chi connectivity index (χ0n) is 12.9. The lowest BCUT2D eigenvalue weighted by Crippen LogP contribution is -2.30. The van der Waals surface area contributed by atoms with Gasteiger partial charge in [-0.15, -0.1) is 0 Å². The molecule has 1 heterocycles. The zero-order chi connectivity index (χ0) is 14.8. The second kappa shape index (κ2) is 6.41. The van der Waals surface area contributed by atoms with Crippen LogP contribution in [0.15, 0.2) is 28.7 Å². The Hall–Kier alpha value is -0.990. The average molecular weight is 306 g/mol. The van der Waals surface area contributed by atoms with Gasteiger partial charge in [-0.1, -0.05) is 50.4 Å². The van der Waals surface area contributed by atoms with Crippen LogP contribution in [0.25, 0.3) is 11.0 Å². The zero-order valence-corrected chi connectivity index (χ0v) is 13.6. The number of nitrogens with one attached hydrogen (secondary N) is 1. The van der Waals surface area contributed by atoms with Crippen molar-refractivity contribution < 1.29 is 4.42 Å². The van der Waals surface area contributed by atoms with Crippen molar-refractivity contribution in [2.45, 2.75) is 45.6 Å². The molecule has 0 radical (unpaired) electrons. The smallest absolute Gasteiger partial charge is 0.152 e. The van der Waals surface area contributed by atoms with Crippen LogP contribution in [0.3, 0.4) is 0 Å². The molecule has 3 heteroatoms. The van der Waals surface area contributed by atoms with Crippen LogP contribution in [0.2, 0.25) is 5.02 Å². The molecule has 0 bridgehead atoms. The van der Waals surface area contributed by atoms with Crippen molar-refractivity contribution in [2.24, 2.45) is 11.8 Å². The maximum Gasteiger partial charge on any atom is 0.152 e. The van der Waals surface area contributed by atoms with Crippen LogP contribution in [0.1, 0.15) is 51.3 Å². The number of hydrogen-bond donors (Lipinski definition) is 1. The Kier molecular flexibility index (Phi) is 4.56. The summed E-state index contributed by atoms with van der Waals surface area (Å²) in [5, 5.41) is 5.43. The first kappa shape index (κ1) is 14.9. The van der Waals surface area contributed by atoms with Crippen molar-refractivity contribution in [3.05, 3.63) is 35.0 Å². The predicted octanol–water partition coefficient (Wildman–Crippen LogP) is 5.56. The van der Waals surface area contributed by atoms with Gasteiger partial charge in [0, 0.05) is 5.39 Å². The van der Waals surface area contributed by atoms with Crippen LogP contribution >= 0.6 is 11.6 Å². The largest absolute Gasteiger partial charge is 0.458 e. The van der Waals surface area contributed by atoms with Crippen LogP contribution in [0.4, 0.5) is 0 Å². The fourth-order valence-corrected chi connectivity index (χ4v) is 3.92. The van der Waals surface area contributed by atoms with Gasteiger partial charge in [0.25, 0.3) is 0 Å². The Balaban J connectivity index is 1.93. The van der Waals surface area contributed by atoms with Gasteiger partial charge >= 0.3 is 0 Å².